The summed E-state index contributed by atoms with van der Waals surface area (Å²) < 4.78 is 22.8. The first-order valence-corrected chi connectivity index (χ1v) is 14.4. The Bertz CT molecular complexity index is 1670. The molecule has 0 atom stereocenters. The number of rotatable bonds is 7. The topological polar surface area (TPSA) is 90.1 Å². The summed E-state index contributed by atoms with van der Waals surface area (Å²) >= 11 is 7.66. The molecule has 0 spiro atoms. The second-order valence-electron chi connectivity index (χ2n) is 8.51. The third-order valence-corrected chi connectivity index (χ3v) is 9.74. The predicted octanol–water partition coefficient (Wildman–Crippen LogP) is 3.76. The van der Waals surface area contributed by atoms with E-state index in [1.54, 1.807) is 29.8 Å². The third kappa shape index (κ3) is 4.87. The monoisotopic (exact) mass is 595 g/mol. The zero-order chi connectivity index (χ0) is 25.5. The number of fused-ring (bicyclic) bond motifs is 5. The molecule has 0 unspecified atom stereocenters. The van der Waals surface area contributed by atoms with E-state index < -0.39 is 21.7 Å². The first-order valence-electron chi connectivity index (χ1n) is 11.4. The number of benzene rings is 2. The molecule has 1 radical (unpaired) electrons. The van der Waals surface area contributed by atoms with Crippen molar-refractivity contribution in [2.24, 2.45) is 0 Å². The number of halogens is 2. The van der Waals surface area contributed by atoms with Crippen molar-refractivity contribution in [2.45, 2.75) is 26.0 Å². The summed E-state index contributed by atoms with van der Waals surface area (Å²) in [4.78, 5) is 22.3. The SMILES string of the molecule is O=C(O)Cn1cc2c(n1)CCc1c-2sc2ncnc([As]c3ccc(OCc4cccc(F)c4)c(Cl)c3)c12. The van der Waals surface area contributed by atoms with Gasteiger partial charge in [-0.2, -0.15) is 0 Å². The molecule has 1 aliphatic rings. The molecule has 0 fully saturated rings. The molecule has 3 aromatic heterocycles. The van der Waals surface area contributed by atoms with Crippen molar-refractivity contribution in [3.63, 3.8) is 0 Å². The van der Waals surface area contributed by atoms with E-state index in [2.05, 4.69) is 15.1 Å². The summed E-state index contributed by atoms with van der Waals surface area (Å²) in [6.45, 7) is 0.0643. The molecule has 37 heavy (non-hydrogen) atoms. The van der Waals surface area contributed by atoms with Gasteiger partial charge in [-0.1, -0.05) is 0 Å². The number of carboxylic acid groups (broad SMARTS) is 1. The van der Waals surface area contributed by atoms with Gasteiger partial charge in [-0.05, 0) is 0 Å². The Morgan fingerprint density at radius 2 is 2.11 bits per heavy atom. The average molecular weight is 596 g/mol. The molecule has 185 valence electrons. The molecule has 0 aliphatic heterocycles. The fourth-order valence-electron chi connectivity index (χ4n) is 4.40. The van der Waals surface area contributed by atoms with Crippen LogP contribution in [0.1, 0.15) is 16.8 Å². The molecular formula is C26H18AsClFN4O3S. The Kier molecular flexibility index (Phi) is 6.44. The van der Waals surface area contributed by atoms with E-state index in [1.165, 1.54) is 22.4 Å². The van der Waals surface area contributed by atoms with Crippen molar-refractivity contribution in [1.82, 2.24) is 19.7 Å². The minimum absolute atomic E-state index is 0.161. The van der Waals surface area contributed by atoms with Crippen LogP contribution in [0.4, 0.5) is 4.39 Å². The third-order valence-electron chi connectivity index (χ3n) is 5.99. The van der Waals surface area contributed by atoms with Crippen LogP contribution < -0.4 is 13.6 Å². The van der Waals surface area contributed by atoms with Gasteiger partial charge in [-0.3, -0.25) is 0 Å². The van der Waals surface area contributed by atoms with Crippen LogP contribution in [0.2, 0.25) is 5.02 Å². The summed E-state index contributed by atoms with van der Waals surface area (Å²) in [6, 6.07) is 12.0. The molecule has 7 nitrogen and oxygen atoms in total. The number of hydrogen-bond donors (Lipinski definition) is 1. The molecule has 5 aromatic rings. The van der Waals surface area contributed by atoms with Gasteiger partial charge in [0.1, 0.15) is 0 Å². The number of aliphatic carboxylic acids is 1. The first kappa shape index (κ1) is 24.1. The van der Waals surface area contributed by atoms with E-state index in [4.69, 9.17) is 21.4 Å². The molecule has 0 bridgehead atoms. The number of carboxylic acids is 1. The predicted molar refractivity (Wildman–Crippen MR) is 141 cm³/mol. The number of thiophene rings is 1. The maximum atomic E-state index is 13.4. The zero-order valence-corrected chi connectivity index (χ0v) is 22.6. The van der Waals surface area contributed by atoms with Crippen LogP contribution >= 0.6 is 22.9 Å². The van der Waals surface area contributed by atoms with E-state index in [1.807, 2.05) is 24.4 Å². The summed E-state index contributed by atoms with van der Waals surface area (Å²) in [7, 11) is 0. The van der Waals surface area contributed by atoms with E-state index in [0.29, 0.717) is 10.8 Å². The number of hydrogen-bond acceptors (Lipinski definition) is 6. The molecule has 6 rings (SSSR count). The Morgan fingerprint density at radius 1 is 1.22 bits per heavy atom. The number of aryl methyl sites for hydroxylation is 2. The molecule has 11 heteroatoms. The summed E-state index contributed by atoms with van der Waals surface area (Å²) in [6.07, 6.45) is 4.97. The molecule has 3 heterocycles. The molecule has 0 saturated carbocycles. The van der Waals surface area contributed by atoms with Crippen LogP contribution in [0.3, 0.4) is 0 Å². The van der Waals surface area contributed by atoms with E-state index >= 15 is 0 Å². The van der Waals surface area contributed by atoms with Gasteiger partial charge in [0.2, 0.25) is 0 Å². The number of aromatic nitrogens is 4. The van der Waals surface area contributed by atoms with Gasteiger partial charge in [0.05, 0.1) is 0 Å². The minimum atomic E-state index is -0.919. The Morgan fingerprint density at radius 3 is 2.92 bits per heavy atom. The van der Waals surface area contributed by atoms with Crippen molar-refractivity contribution in [1.29, 1.82) is 0 Å². The first-order chi connectivity index (χ1) is 17.9. The van der Waals surface area contributed by atoms with E-state index in [9.17, 15) is 9.18 Å². The van der Waals surface area contributed by atoms with Gasteiger partial charge >= 0.3 is 227 Å². The Hall–Kier alpha value is -3.26. The Balaban J connectivity index is 1.27. The summed E-state index contributed by atoms with van der Waals surface area (Å²) in [5.41, 5.74) is 3.84. The van der Waals surface area contributed by atoms with Gasteiger partial charge in [0, 0.05) is 0 Å². The van der Waals surface area contributed by atoms with Crippen LogP contribution in [0.25, 0.3) is 20.7 Å². The molecule has 0 saturated heterocycles. The average Bonchev–Trinajstić information content (AvgIpc) is 3.44. The molecule has 0 amide bonds. The maximum absolute atomic E-state index is 13.4. The van der Waals surface area contributed by atoms with Gasteiger partial charge in [0.25, 0.3) is 0 Å². The van der Waals surface area contributed by atoms with Crippen molar-refractivity contribution in [3.05, 3.63) is 82.6 Å². The fourth-order valence-corrected chi connectivity index (χ4v) is 8.39. The normalized spacial score (nSPS) is 12.7. The second-order valence-corrected chi connectivity index (χ2v) is 12.4. The van der Waals surface area contributed by atoms with Gasteiger partial charge in [-0.15, -0.1) is 0 Å². The van der Waals surface area contributed by atoms with Crippen molar-refractivity contribution in [2.75, 3.05) is 0 Å². The van der Waals surface area contributed by atoms with Gasteiger partial charge in [0.15, 0.2) is 0 Å². The van der Waals surface area contributed by atoms with Crippen molar-refractivity contribution >= 4 is 63.7 Å². The van der Waals surface area contributed by atoms with Crippen LogP contribution in [0.15, 0.2) is 55.0 Å². The number of nitrogens with zero attached hydrogens (tertiary/aromatic N) is 4. The van der Waals surface area contributed by atoms with Crippen LogP contribution in [-0.2, 0) is 30.8 Å². The van der Waals surface area contributed by atoms with Crippen molar-refractivity contribution in [3.8, 4) is 16.2 Å². The van der Waals surface area contributed by atoms with Gasteiger partial charge < -0.3 is 0 Å². The summed E-state index contributed by atoms with van der Waals surface area (Å²) in [5.74, 6) is -0.677. The quantitative estimate of drug-likeness (QED) is 0.288. The fraction of sp³-hybridized carbons (Fsp3) is 0.154. The van der Waals surface area contributed by atoms with Crippen LogP contribution in [-0.4, -0.2) is 46.6 Å². The van der Waals surface area contributed by atoms with Crippen LogP contribution in [0, 0.1) is 5.82 Å². The molecule has 1 N–H and O–H groups in total. The van der Waals surface area contributed by atoms with Crippen molar-refractivity contribution < 1.29 is 19.0 Å². The summed E-state index contributed by atoms with van der Waals surface area (Å²) in [5, 5.41) is 15.2. The standard InChI is InChI=1S/C26H18AsClFN4O3S/c28-19-9-15(4-7-21(19)36-12-14-2-1-3-16(29)8-14)27-25-23-17-5-6-20-18(10-33(32-20)11-22(34)35)24(17)37-26(23)31-13-30-25/h1-4,7-10,13H,5-6,11-12H2,(H,34,35). The second kappa shape index (κ2) is 9.89. The van der Waals surface area contributed by atoms with Crippen LogP contribution in [0.5, 0.6) is 5.75 Å². The number of ether oxygens (including phenoxy) is 1. The number of carbonyl (C=O) groups is 1. The molecule has 1 aliphatic carbocycles. The molecule has 2 aromatic carbocycles. The van der Waals surface area contributed by atoms with E-state index in [-0.39, 0.29) is 19.0 Å². The zero-order valence-electron chi connectivity index (χ0n) is 19.2. The van der Waals surface area contributed by atoms with E-state index in [0.717, 1.165) is 53.6 Å². The van der Waals surface area contributed by atoms with Gasteiger partial charge in [-0.25, -0.2) is 0 Å². The Labute approximate surface area is 226 Å². The molecular weight excluding hydrogens is 578 g/mol.